The Bertz CT molecular complexity index is 1580. The number of aliphatic imine (C=N–C) groups is 1. The number of aryl methyl sites for hydroxylation is 1. The number of rotatable bonds is 6. The van der Waals surface area contributed by atoms with Crippen molar-refractivity contribution in [1.82, 2.24) is 10.9 Å². The topological polar surface area (TPSA) is 121 Å². The van der Waals surface area contributed by atoms with Crippen LogP contribution in [0.4, 0.5) is 11.4 Å². The number of para-hydroxylation sites is 1. The Morgan fingerprint density at radius 2 is 1.45 bits per heavy atom. The number of amides is 2. The van der Waals surface area contributed by atoms with Gasteiger partial charge in [0.1, 0.15) is 0 Å². The van der Waals surface area contributed by atoms with E-state index in [9.17, 15) is 9.59 Å². The second-order valence-corrected chi connectivity index (χ2v) is 10.0. The maximum Gasteiger partial charge on any atom is 0.397 e. The minimum absolute atomic E-state index is 0.216. The first-order valence-electron chi connectivity index (χ1n) is 12.3. The molecule has 5 rings (SSSR count). The van der Waals surface area contributed by atoms with E-state index in [0.717, 1.165) is 5.56 Å². The Labute approximate surface area is 241 Å². The molecule has 11 heteroatoms. The van der Waals surface area contributed by atoms with E-state index < -0.39 is 22.4 Å². The van der Waals surface area contributed by atoms with Crippen LogP contribution in [0.5, 0.6) is 0 Å². The summed E-state index contributed by atoms with van der Waals surface area (Å²) in [5.41, 5.74) is 15.2. The van der Waals surface area contributed by atoms with Gasteiger partial charge in [-0.3, -0.25) is 4.79 Å². The van der Waals surface area contributed by atoms with Crippen molar-refractivity contribution >= 4 is 52.4 Å². The molecule has 1 aliphatic heterocycles. The van der Waals surface area contributed by atoms with Crippen molar-refractivity contribution < 1.29 is 14.3 Å². The van der Waals surface area contributed by atoms with Crippen molar-refractivity contribution in [3.05, 3.63) is 130 Å². The van der Waals surface area contributed by atoms with E-state index in [4.69, 9.17) is 28.9 Å². The van der Waals surface area contributed by atoms with Gasteiger partial charge in [0.15, 0.2) is 0 Å². The van der Waals surface area contributed by atoms with Gasteiger partial charge in [-0.1, -0.05) is 71.1 Å². The summed E-state index contributed by atoms with van der Waals surface area (Å²) in [6, 6.07) is 29.3. The van der Waals surface area contributed by atoms with E-state index in [1.165, 1.54) is 0 Å². The van der Waals surface area contributed by atoms with Crippen LogP contribution in [0.25, 0.3) is 0 Å². The van der Waals surface area contributed by atoms with E-state index in [1.54, 1.807) is 66.7 Å². The van der Waals surface area contributed by atoms with Crippen molar-refractivity contribution in [2.45, 2.75) is 12.8 Å². The largest absolute Gasteiger partial charge is 0.397 e. The zero-order valence-corrected chi connectivity index (χ0v) is 22.9. The minimum Gasteiger partial charge on any atom is -0.334 e. The SMILES string of the molecule is Cc1ccc(Cl)cc1NC1(Nc2ccccc2)N=C(N)[N+](NC(=O)c2ccc(Cl)cc2)(C(=O)c2ccccc2)N1. The highest BCUT2D eigenvalue weighted by molar-refractivity contribution is 6.31. The molecule has 4 aromatic rings. The lowest BCUT2D eigenvalue weighted by Crippen LogP contribution is -2.77. The first-order chi connectivity index (χ1) is 19.2. The Hall–Kier alpha value is -4.41. The van der Waals surface area contributed by atoms with Gasteiger partial charge >= 0.3 is 17.8 Å². The average molecular weight is 575 g/mol. The average Bonchev–Trinajstić information content (AvgIpc) is 3.22. The molecule has 0 bridgehead atoms. The predicted octanol–water partition coefficient (Wildman–Crippen LogP) is 5.27. The molecule has 1 heterocycles. The fourth-order valence-electron chi connectivity index (χ4n) is 4.25. The Kier molecular flexibility index (Phi) is 7.46. The van der Waals surface area contributed by atoms with Gasteiger partial charge in [0, 0.05) is 27.0 Å². The van der Waals surface area contributed by atoms with Gasteiger partial charge < -0.3 is 16.4 Å². The molecule has 0 radical (unpaired) electrons. The number of nitrogens with one attached hydrogen (secondary N) is 4. The first kappa shape index (κ1) is 27.2. The lowest BCUT2D eigenvalue weighted by Gasteiger charge is -2.34. The molecular formula is C29H26Cl2N7O2+. The van der Waals surface area contributed by atoms with Crippen LogP contribution in [0.1, 0.15) is 26.3 Å². The van der Waals surface area contributed by atoms with E-state index >= 15 is 0 Å². The Balaban J connectivity index is 1.62. The van der Waals surface area contributed by atoms with Crippen LogP contribution < -0.4 is 27.2 Å². The smallest absolute Gasteiger partial charge is 0.334 e. The zero-order valence-electron chi connectivity index (χ0n) is 21.4. The molecular weight excluding hydrogens is 549 g/mol. The third-order valence-electron chi connectivity index (χ3n) is 6.27. The molecule has 6 N–H and O–H groups in total. The van der Waals surface area contributed by atoms with Gasteiger partial charge in [0.25, 0.3) is 5.91 Å². The fourth-order valence-corrected chi connectivity index (χ4v) is 4.55. The van der Waals surface area contributed by atoms with Crippen molar-refractivity contribution in [2.75, 3.05) is 10.6 Å². The summed E-state index contributed by atoms with van der Waals surface area (Å²) >= 11 is 12.3. The number of hydrogen-bond donors (Lipinski definition) is 5. The monoisotopic (exact) mass is 574 g/mol. The van der Waals surface area contributed by atoms with Crippen molar-refractivity contribution in [1.29, 1.82) is 0 Å². The zero-order chi connectivity index (χ0) is 28.3. The summed E-state index contributed by atoms with van der Waals surface area (Å²) in [6.07, 6.45) is 0. The van der Waals surface area contributed by atoms with Crippen LogP contribution in [0.3, 0.4) is 0 Å². The highest BCUT2D eigenvalue weighted by Crippen LogP contribution is 2.29. The summed E-state index contributed by atoms with van der Waals surface area (Å²) < 4.78 is -1.02. The lowest BCUT2D eigenvalue weighted by molar-refractivity contribution is -0.842. The van der Waals surface area contributed by atoms with Crippen molar-refractivity contribution in [2.24, 2.45) is 10.7 Å². The molecule has 2 atom stereocenters. The number of halogens is 2. The number of benzene rings is 4. The maximum absolute atomic E-state index is 14.2. The number of carbonyl (C=O) groups is 2. The summed E-state index contributed by atoms with van der Waals surface area (Å²) in [4.78, 5) is 32.3. The number of quaternary nitrogens is 1. The van der Waals surface area contributed by atoms with Crippen LogP contribution >= 0.6 is 23.2 Å². The number of hydrogen-bond acceptors (Lipinski definition) is 7. The third kappa shape index (κ3) is 5.49. The van der Waals surface area contributed by atoms with Gasteiger partial charge in [-0.05, 0) is 77.9 Å². The summed E-state index contributed by atoms with van der Waals surface area (Å²) in [7, 11) is 0. The molecule has 0 saturated carbocycles. The van der Waals surface area contributed by atoms with Gasteiger partial charge in [-0.25, -0.2) is 4.79 Å². The van der Waals surface area contributed by atoms with Crippen LogP contribution in [-0.2, 0) is 0 Å². The maximum atomic E-state index is 14.2. The minimum atomic E-state index is -1.60. The molecule has 0 aromatic heterocycles. The number of nitrogens with zero attached hydrogens (tertiary/aromatic N) is 2. The molecule has 1 aliphatic rings. The summed E-state index contributed by atoms with van der Waals surface area (Å²) in [5, 5.41) is 7.57. The molecule has 0 aliphatic carbocycles. The van der Waals surface area contributed by atoms with Gasteiger partial charge in [0.2, 0.25) is 0 Å². The van der Waals surface area contributed by atoms with Crippen LogP contribution in [0.2, 0.25) is 10.0 Å². The Morgan fingerprint density at radius 3 is 2.12 bits per heavy atom. The van der Waals surface area contributed by atoms with Crippen LogP contribution in [-0.4, -0.2) is 28.4 Å². The van der Waals surface area contributed by atoms with Gasteiger partial charge in [-0.2, -0.15) is 5.43 Å². The van der Waals surface area contributed by atoms with Gasteiger partial charge in [-0.15, -0.1) is 4.99 Å². The van der Waals surface area contributed by atoms with Gasteiger partial charge in [0.05, 0.1) is 5.56 Å². The molecule has 202 valence electrons. The summed E-state index contributed by atoms with van der Waals surface area (Å²) in [6.45, 7) is 1.90. The second kappa shape index (κ2) is 11.0. The molecule has 0 fully saturated rings. The van der Waals surface area contributed by atoms with E-state index in [1.807, 2.05) is 43.3 Å². The Morgan fingerprint density at radius 1 is 0.825 bits per heavy atom. The second-order valence-electron chi connectivity index (χ2n) is 9.16. The van der Waals surface area contributed by atoms with Crippen LogP contribution in [0.15, 0.2) is 108 Å². The van der Waals surface area contributed by atoms with Crippen molar-refractivity contribution in [3.8, 4) is 0 Å². The standard InChI is InChI=1S/C29H25Cl2N7O2/c1-19-12-15-23(31)18-25(19)34-29(33-24-10-6-3-7-11-24)35-28(32)38(37-29,27(40)21-8-4-2-5-9-21)36-26(39)20-13-16-22(30)17-14-20/h2-18,33-34,37H,1H3,(H2-,32,35,36,39)/p+1. The third-order valence-corrected chi connectivity index (χ3v) is 6.76. The first-order valence-corrected chi connectivity index (χ1v) is 13.1. The quantitative estimate of drug-likeness (QED) is 0.158. The van der Waals surface area contributed by atoms with Crippen molar-refractivity contribution in [3.63, 3.8) is 0 Å². The fraction of sp³-hybridized carbons (Fsp3) is 0.0690. The normalized spacial score (nSPS) is 19.9. The number of anilines is 2. The molecule has 4 aromatic carbocycles. The molecule has 2 unspecified atom stereocenters. The molecule has 40 heavy (non-hydrogen) atoms. The number of nitrogens with two attached hydrogens (primary N) is 1. The number of carbonyl (C=O) groups excluding carboxylic acids is 2. The molecule has 9 nitrogen and oxygen atoms in total. The highest BCUT2D eigenvalue weighted by Gasteiger charge is 2.59. The van der Waals surface area contributed by atoms with E-state index in [0.29, 0.717) is 27.0 Å². The molecule has 0 saturated heterocycles. The van der Waals surface area contributed by atoms with Crippen LogP contribution in [0, 0.1) is 6.92 Å². The highest BCUT2D eigenvalue weighted by atomic mass is 35.5. The lowest BCUT2D eigenvalue weighted by atomic mass is 10.2. The molecule has 2 amide bonds. The molecule has 0 spiro atoms. The predicted molar refractivity (Wildman–Crippen MR) is 157 cm³/mol. The van der Waals surface area contributed by atoms with E-state index in [2.05, 4.69) is 26.5 Å². The van der Waals surface area contributed by atoms with E-state index in [-0.39, 0.29) is 11.5 Å². The summed E-state index contributed by atoms with van der Waals surface area (Å²) in [5.74, 6) is -2.96. The number of guanidine groups is 1.